The normalized spacial score (nSPS) is 30.0. The third kappa shape index (κ3) is 2.26. The highest BCUT2D eigenvalue weighted by atomic mass is 16.5. The molecular formula is C14H17NO2. The van der Waals surface area contributed by atoms with E-state index in [2.05, 4.69) is 17.0 Å². The number of Topliss-reactive ketones (excluding diaryl/α,β-unsaturated/α-hetero) is 1. The zero-order chi connectivity index (χ0) is 11.7. The lowest BCUT2D eigenvalue weighted by atomic mass is 9.92. The molecule has 0 bridgehead atoms. The van der Waals surface area contributed by atoms with Crippen molar-refractivity contribution < 1.29 is 9.53 Å². The smallest absolute Gasteiger partial charge is 0.135 e. The van der Waals surface area contributed by atoms with Crippen LogP contribution in [0.2, 0.25) is 0 Å². The van der Waals surface area contributed by atoms with E-state index < -0.39 is 0 Å². The van der Waals surface area contributed by atoms with E-state index in [0.29, 0.717) is 31.4 Å². The van der Waals surface area contributed by atoms with Crippen LogP contribution in [-0.2, 0) is 9.53 Å². The molecule has 1 aromatic carbocycles. The molecule has 0 aromatic heterocycles. The third-order valence-electron chi connectivity index (χ3n) is 3.76. The summed E-state index contributed by atoms with van der Waals surface area (Å²) in [6.07, 6.45) is 2.49. The molecule has 2 heterocycles. The number of hydrogen-bond acceptors (Lipinski definition) is 3. The Morgan fingerprint density at radius 3 is 2.88 bits per heavy atom. The number of fused-ring (bicyclic) bond motifs is 1. The van der Waals surface area contributed by atoms with Gasteiger partial charge in [-0.2, -0.15) is 0 Å². The first-order valence-electron chi connectivity index (χ1n) is 6.25. The van der Waals surface area contributed by atoms with Crippen LogP contribution in [-0.4, -0.2) is 30.0 Å². The summed E-state index contributed by atoms with van der Waals surface area (Å²) in [5, 5.41) is 0. The monoisotopic (exact) mass is 231 g/mol. The highest BCUT2D eigenvalue weighted by Gasteiger charge is 2.34. The fraction of sp³-hybridized carbons (Fsp3) is 0.500. The lowest BCUT2D eigenvalue weighted by Gasteiger charge is -2.41. The molecule has 0 N–H and O–H groups in total. The quantitative estimate of drug-likeness (QED) is 0.741. The zero-order valence-corrected chi connectivity index (χ0v) is 9.84. The molecule has 0 aliphatic carbocycles. The van der Waals surface area contributed by atoms with Gasteiger partial charge < -0.3 is 4.74 Å². The zero-order valence-electron chi connectivity index (χ0n) is 9.84. The van der Waals surface area contributed by atoms with Crippen molar-refractivity contribution in [1.82, 2.24) is 4.90 Å². The molecule has 0 saturated carbocycles. The van der Waals surface area contributed by atoms with Crippen molar-refractivity contribution in [2.75, 3.05) is 13.3 Å². The van der Waals surface area contributed by atoms with Gasteiger partial charge in [-0.15, -0.1) is 0 Å². The maximum atomic E-state index is 11.5. The Kier molecular flexibility index (Phi) is 2.95. The summed E-state index contributed by atoms with van der Waals surface area (Å²) in [7, 11) is 0. The van der Waals surface area contributed by atoms with E-state index >= 15 is 0 Å². The van der Waals surface area contributed by atoms with Crippen molar-refractivity contribution in [3.63, 3.8) is 0 Å². The highest BCUT2D eigenvalue weighted by Crippen LogP contribution is 2.32. The van der Waals surface area contributed by atoms with Crippen molar-refractivity contribution in [1.29, 1.82) is 0 Å². The van der Waals surface area contributed by atoms with Crippen molar-refractivity contribution in [3.8, 4) is 0 Å². The number of carbonyl (C=O) groups excluding carboxylic acids is 1. The molecule has 0 spiro atoms. The Balaban J connectivity index is 1.72. The van der Waals surface area contributed by atoms with Gasteiger partial charge in [0.05, 0.1) is 6.10 Å². The van der Waals surface area contributed by atoms with E-state index in [4.69, 9.17) is 4.74 Å². The predicted octanol–water partition coefficient (Wildman–Crippen LogP) is 2.14. The van der Waals surface area contributed by atoms with E-state index in [1.807, 2.05) is 18.2 Å². The average Bonchev–Trinajstić information content (AvgIpc) is 2.39. The lowest BCUT2D eigenvalue weighted by Crippen LogP contribution is -2.48. The minimum absolute atomic E-state index is 0.156. The Hall–Kier alpha value is -1.19. The van der Waals surface area contributed by atoms with Crippen molar-refractivity contribution in [3.05, 3.63) is 35.9 Å². The summed E-state index contributed by atoms with van der Waals surface area (Å²) >= 11 is 0. The molecule has 2 saturated heterocycles. The summed E-state index contributed by atoms with van der Waals surface area (Å²) in [5.41, 5.74) is 1.23. The SMILES string of the molecule is O=C1CCN2CO[C@@H](c3ccccc3)C[C@H]2C1. The number of ketones is 1. The number of hydrogen-bond donors (Lipinski definition) is 0. The van der Waals surface area contributed by atoms with Crippen LogP contribution >= 0.6 is 0 Å². The summed E-state index contributed by atoms with van der Waals surface area (Å²) in [4.78, 5) is 13.8. The van der Waals surface area contributed by atoms with E-state index in [1.165, 1.54) is 5.56 Å². The number of ether oxygens (including phenoxy) is 1. The molecule has 3 nitrogen and oxygen atoms in total. The number of piperidine rings is 1. The molecule has 2 aliphatic rings. The molecule has 90 valence electrons. The molecule has 3 rings (SSSR count). The molecule has 3 heteroatoms. The number of carbonyl (C=O) groups is 1. The van der Waals surface area contributed by atoms with Gasteiger partial charge in [-0.1, -0.05) is 30.3 Å². The maximum Gasteiger partial charge on any atom is 0.135 e. The minimum Gasteiger partial charge on any atom is -0.358 e. The largest absolute Gasteiger partial charge is 0.358 e. The van der Waals surface area contributed by atoms with Gasteiger partial charge in [0.25, 0.3) is 0 Å². The van der Waals surface area contributed by atoms with Crippen LogP contribution in [0, 0.1) is 0 Å². The molecule has 0 unspecified atom stereocenters. The van der Waals surface area contributed by atoms with Gasteiger partial charge in [0.2, 0.25) is 0 Å². The van der Waals surface area contributed by atoms with Crippen molar-refractivity contribution in [2.24, 2.45) is 0 Å². The molecule has 2 aliphatic heterocycles. The van der Waals surface area contributed by atoms with Gasteiger partial charge >= 0.3 is 0 Å². The molecule has 2 fully saturated rings. The molecule has 0 amide bonds. The van der Waals surface area contributed by atoms with E-state index in [1.54, 1.807) is 0 Å². The Morgan fingerprint density at radius 2 is 2.06 bits per heavy atom. The average molecular weight is 231 g/mol. The van der Waals surface area contributed by atoms with Crippen LogP contribution in [0.3, 0.4) is 0 Å². The van der Waals surface area contributed by atoms with Crippen LogP contribution < -0.4 is 0 Å². The summed E-state index contributed by atoms with van der Waals surface area (Å²) < 4.78 is 5.88. The fourth-order valence-corrected chi connectivity index (χ4v) is 2.75. The predicted molar refractivity (Wildman–Crippen MR) is 64.5 cm³/mol. The second-order valence-electron chi connectivity index (χ2n) is 4.89. The second-order valence-corrected chi connectivity index (χ2v) is 4.89. The number of rotatable bonds is 1. The summed E-state index contributed by atoms with van der Waals surface area (Å²) in [5.74, 6) is 0.403. The minimum atomic E-state index is 0.156. The van der Waals surface area contributed by atoms with Crippen molar-refractivity contribution in [2.45, 2.75) is 31.4 Å². The Bertz CT molecular complexity index is 404. The molecular weight excluding hydrogens is 214 g/mol. The third-order valence-corrected chi connectivity index (χ3v) is 3.76. The first-order valence-corrected chi connectivity index (χ1v) is 6.25. The van der Waals surface area contributed by atoms with Gasteiger partial charge in [0.15, 0.2) is 0 Å². The fourth-order valence-electron chi connectivity index (χ4n) is 2.75. The number of nitrogens with zero attached hydrogens (tertiary/aromatic N) is 1. The van der Waals surface area contributed by atoms with Crippen LogP contribution in [0.5, 0.6) is 0 Å². The van der Waals surface area contributed by atoms with Crippen LogP contribution in [0.4, 0.5) is 0 Å². The topological polar surface area (TPSA) is 29.5 Å². The van der Waals surface area contributed by atoms with E-state index in [9.17, 15) is 4.79 Å². The lowest BCUT2D eigenvalue weighted by molar-refractivity contribution is -0.137. The summed E-state index contributed by atoms with van der Waals surface area (Å²) in [6, 6.07) is 10.7. The second kappa shape index (κ2) is 4.59. The van der Waals surface area contributed by atoms with Gasteiger partial charge in [0.1, 0.15) is 12.5 Å². The standard InChI is InChI=1S/C14H17NO2/c16-13-6-7-15-10-17-14(9-12(15)8-13)11-4-2-1-3-5-11/h1-5,12,14H,6-10H2/t12-,14-/m1/s1. The van der Waals surface area contributed by atoms with Gasteiger partial charge in [-0.3, -0.25) is 9.69 Å². The molecule has 1 aromatic rings. The number of benzene rings is 1. The first kappa shape index (κ1) is 10.9. The van der Waals surface area contributed by atoms with Gasteiger partial charge in [-0.05, 0) is 12.0 Å². The molecule has 17 heavy (non-hydrogen) atoms. The first-order chi connectivity index (χ1) is 8.33. The van der Waals surface area contributed by atoms with Gasteiger partial charge in [-0.25, -0.2) is 0 Å². The Labute approximate surface area is 101 Å². The highest BCUT2D eigenvalue weighted by molar-refractivity contribution is 5.80. The van der Waals surface area contributed by atoms with Gasteiger partial charge in [0, 0.05) is 25.4 Å². The van der Waals surface area contributed by atoms with E-state index in [0.717, 1.165) is 13.0 Å². The Morgan fingerprint density at radius 1 is 1.24 bits per heavy atom. The molecule has 0 radical (unpaired) electrons. The van der Waals surface area contributed by atoms with Crippen LogP contribution in [0.25, 0.3) is 0 Å². The van der Waals surface area contributed by atoms with Crippen molar-refractivity contribution >= 4 is 5.78 Å². The summed E-state index contributed by atoms with van der Waals surface area (Å²) in [6.45, 7) is 1.53. The van der Waals surface area contributed by atoms with E-state index in [-0.39, 0.29) is 6.10 Å². The van der Waals surface area contributed by atoms with Crippen LogP contribution in [0.1, 0.15) is 30.9 Å². The van der Waals surface area contributed by atoms with Crippen LogP contribution in [0.15, 0.2) is 30.3 Å². The maximum absolute atomic E-state index is 11.5. The molecule has 2 atom stereocenters.